The SMILES string of the molecule is CC(C)c1ccccc1N(C)c1ncc(C(F)(F)F)c(OC2CCCCC2)n1. The summed E-state index contributed by atoms with van der Waals surface area (Å²) in [6.07, 6.45) is 0.565. The smallest absolute Gasteiger partial charge is 0.423 e. The zero-order valence-corrected chi connectivity index (χ0v) is 16.5. The van der Waals surface area contributed by atoms with Gasteiger partial charge in [-0.2, -0.15) is 18.2 Å². The zero-order chi connectivity index (χ0) is 20.3. The summed E-state index contributed by atoms with van der Waals surface area (Å²) < 4.78 is 46.1. The molecule has 1 aromatic carbocycles. The summed E-state index contributed by atoms with van der Waals surface area (Å²) in [6, 6.07) is 7.75. The van der Waals surface area contributed by atoms with E-state index < -0.39 is 11.7 Å². The largest absolute Gasteiger partial charge is 0.474 e. The summed E-state index contributed by atoms with van der Waals surface area (Å²) in [5.74, 6) is 0.0660. The zero-order valence-electron chi connectivity index (χ0n) is 16.5. The number of para-hydroxylation sites is 1. The number of rotatable bonds is 5. The van der Waals surface area contributed by atoms with Crippen LogP contribution in [0.1, 0.15) is 63.0 Å². The number of alkyl halides is 3. The highest BCUT2D eigenvalue weighted by molar-refractivity contribution is 5.62. The fourth-order valence-electron chi connectivity index (χ4n) is 3.53. The van der Waals surface area contributed by atoms with Crippen LogP contribution in [0, 0.1) is 0 Å². The molecule has 0 bridgehead atoms. The van der Waals surface area contributed by atoms with E-state index in [4.69, 9.17) is 4.74 Å². The van der Waals surface area contributed by atoms with Crippen molar-refractivity contribution in [2.45, 2.75) is 64.1 Å². The van der Waals surface area contributed by atoms with Crippen LogP contribution >= 0.6 is 0 Å². The first-order valence-corrected chi connectivity index (χ1v) is 9.71. The molecule has 1 aliphatic rings. The third kappa shape index (κ3) is 4.56. The Morgan fingerprint density at radius 2 is 1.79 bits per heavy atom. The Kier molecular flexibility index (Phi) is 6.10. The van der Waals surface area contributed by atoms with E-state index in [-0.39, 0.29) is 23.9 Å². The number of ether oxygens (including phenoxy) is 1. The molecule has 4 nitrogen and oxygen atoms in total. The van der Waals surface area contributed by atoms with Gasteiger partial charge in [0.1, 0.15) is 11.7 Å². The van der Waals surface area contributed by atoms with Gasteiger partial charge in [0.2, 0.25) is 11.8 Å². The minimum Gasteiger partial charge on any atom is -0.474 e. The highest BCUT2D eigenvalue weighted by atomic mass is 19.4. The van der Waals surface area contributed by atoms with Crippen LogP contribution < -0.4 is 9.64 Å². The van der Waals surface area contributed by atoms with Crippen molar-refractivity contribution >= 4 is 11.6 Å². The van der Waals surface area contributed by atoms with Crippen molar-refractivity contribution in [3.63, 3.8) is 0 Å². The summed E-state index contributed by atoms with van der Waals surface area (Å²) in [4.78, 5) is 9.88. The first-order valence-electron chi connectivity index (χ1n) is 9.71. The van der Waals surface area contributed by atoms with Crippen LogP contribution in [0.2, 0.25) is 0 Å². The molecule has 0 amide bonds. The van der Waals surface area contributed by atoms with Gasteiger partial charge in [0.25, 0.3) is 0 Å². The second-order valence-electron chi connectivity index (χ2n) is 7.54. The summed E-state index contributed by atoms with van der Waals surface area (Å²) >= 11 is 0. The predicted octanol–water partition coefficient (Wildman–Crippen LogP) is 6.10. The molecular formula is C21H26F3N3O. The summed E-state index contributed by atoms with van der Waals surface area (Å²) in [6.45, 7) is 4.13. The molecule has 0 radical (unpaired) electrons. The molecule has 7 heteroatoms. The maximum absolute atomic E-state index is 13.5. The van der Waals surface area contributed by atoms with E-state index in [1.807, 2.05) is 24.3 Å². The van der Waals surface area contributed by atoms with E-state index in [0.29, 0.717) is 0 Å². The molecule has 1 aliphatic carbocycles. The Morgan fingerprint density at radius 1 is 1.11 bits per heavy atom. The van der Waals surface area contributed by atoms with Crippen LogP contribution in [-0.4, -0.2) is 23.1 Å². The van der Waals surface area contributed by atoms with Gasteiger partial charge < -0.3 is 9.64 Å². The van der Waals surface area contributed by atoms with Gasteiger partial charge in [-0.05, 0) is 43.2 Å². The third-order valence-electron chi connectivity index (χ3n) is 5.10. The lowest BCUT2D eigenvalue weighted by Gasteiger charge is -2.26. The number of halogens is 3. The Balaban J connectivity index is 1.97. The van der Waals surface area contributed by atoms with Crippen molar-refractivity contribution < 1.29 is 17.9 Å². The van der Waals surface area contributed by atoms with Gasteiger partial charge in [0.15, 0.2) is 0 Å². The molecule has 0 unspecified atom stereocenters. The first kappa shape index (κ1) is 20.4. The Bertz CT molecular complexity index is 802. The van der Waals surface area contributed by atoms with Gasteiger partial charge >= 0.3 is 6.18 Å². The quantitative estimate of drug-likeness (QED) is 0.615. The van der Waals surface area contributed by atoms with Crippen LogP contribution in [0.4, 0.5) is 24.8 Å². The number of benzene rings is 1. The average molecular weight is 393 g/mol. The normalized spacial score (nSPS) is 15.7. The van der Waals surface area contributed by atoms with Crippen molar-refractivity contribution in [2.75, 3.05) is 11.9 Å². The monoisotopic (exact) mass is 393 g/mol. The van der Waals surface area contributed by atoms with Crippen LogP contribution in [-0.2, 0) is 6.18 Å². The number of anilines is 2. The first-order chi connectivity index (χ1) is 13.3. The third-order valence-corrected chi connectivity index (χ3v) is 5.10. The van der Waals surface area contributed by atoms with Crippen LogP contribution in [0.25, 0.3) is 0 Å². The molecule has 2 aromatic rings. The van der Waals surface area contributed by atoms with E-state index in [2.05, 4.69) is 23.8 Å². The lowest BCUT2D eigenvalue weighted by Crippen LogP contribution is -2.24. The lowest BCUT2D eigenvalue weighted by atomic mass is 9.98. The molecule has 0 N–H and O–H groups in total. The van der Waals surface area contributed by atoms with Crippen molar-refractivity contribution in [1.82, 2.24) is 9.97 Å². The minimum absolute atomic E-state index is 0.187. The molecule has 1 saturated carbocycles. The summed E-state index contributed by atoms with van der Waals surface area (Å²) in [5.41, 5.74) is 1.01. The highest BCUT2D eigenvalue weighted by Gasteiger charge is 2.37. The van der Waals surface area contributed by atoms with Crippen molar-refractivity contribution in [3.05, 3.63) is 41.6 Å². The van der Waals surface area contributed by atoms with E-state index in [0.717, 1.165) is 49.6 Å². The minimum atomic E-state index is -4.56. The fourth-order valence-corrected chi connectivity index (χ4v) is 3.53. The van der Waals surface area contributed by atoms with E-state index in [9.17, 15) is 13.2 Å². The van der Waals surface area contributed by atoms with Gasteiger partial charge in [0.05, 0.1) is 0 Å². The number of nitrogens with zero attached hydrogens (tertiary/aromatic N) is 3. The van der Waals surface area contributed by atoms with Crippen molar-refractivity contribution in [1.29, 1.82) is 0 Å². The van der Waals surface area contributed by atoms with Gasteiger partial charge in [0, 0.05) is 18.9 Å². The molecule has 1 aromatic heterocycles. The number of hydrogen-bond acceptors (Lipinski definition) is 4. The Morgan fingerprint density at radius 3 is 2.43 bits per heavy atom. The van der Waals surface area contributed by atoms with Crippen LogP contribution in [0.3, 0.4) is 0 Å². The molecule has 0 aliphatic heterocycles. The standard InChI is InChI=1S/C21H26F3N3O/c1-14(2)16-11-7-8-12-18(16)27(3)20-25-13-17(21(22,23)24)19(26-20)28-15-9-5-4-6-10-15/h7-8,11-15H,4-6,9-10H2,1-3H3. The van der Waals surface area contributed by atoms with Crippen LogP contribution in [0.5, 0.6) is 5.88 Å². The van der Waals surface area contributed by atoms with Crippen molar-refractivity contribution in [3.8, 4) is 5.88 Å². The Labute approximate surface area is 163 Å². The van der Waals surface area contributed by atoms with E-state index >= 15 is 0 Å². The lowest BCUT2D eigenvalue weighted by molar-refractivity contribution is -0.140. The maximum atomic E-state index is 13.5. The molecule has 1 fully saturated rings. The average Bonchev–Trinajstić information content (AvgIpc) is 2.67. The number of aromatic nitrogens is 2. The van der Waals surface area contributed by atoms with Gasteiger partial charge in [-0.15, -0.1) is 0 Å². The number of hydrogen-bond donors (Lipinski definition) is 0. The second kappa shape index (κ2) is 8.37. The van der Waals surface area contributed by atoms with Gasteiger partial charge in [-0.1, -0.05) is 38.5 Å². The molecular weight excluding hydrogens is 367 g/mol. The molecule has 1 heterocycles. The van der Waals surface area contributed by atoms with Gasteiger partial charge in [-0.3, -0.25) is 0 Å². The molecule has 0 spiro atoms. The van der Waals surface area contributed by atoms with E-state index in [1.165, 1.54) is 0 Å². The Hall–Kier alpha value is -2.31. The van der Waals surface area contributed by atoms with Crippen LogP contribution in [0.15, 0.2) is 30.5 Å². The topological polar surface area (TPSA) is 38.2 Å². The fraction of sp³-hybridized carbons (Fsp3) is 0.524. The predicted molar refractivity (Wildman–Crippen MR) is 103 cm³/mol. The molecule has 0 saturated heterocycles. The molecule has 3 rings (SSSR count). The van der Waals surface area contributed by atoms with Crippen molar-refractivity contribution in [2.24, 2.45) is 0 Å². The maximum Gasteiger partial charge on any atom is 0.423 e. The molecule has 152 valence electrons. The van der Waals surface area contributed by atoms with Gasteiger partial charge in [-0.25, -0.2) is 4.98 Å². The summed E-state index contributed by atoms with van der Waals surface area (Å²) in [7, 11) is 1.76. The summed E-state index contributed by atoms with van der Waals surface area (Å²) in [5, 5.41) is 0. The molecule has 0 atom stereocenters. The second-order valence-corrected chi connectivity index (χ2v) is 7.54. The van der Waals surface area contributed by atoms with E-state index in [1.54, 1.807) is 11.9 Å². The molecule has 28 heavy (non-hydrogen) atoms. The highest BCUT2D eigenvalue weighted by Crippen LogP contribution is 2.38.